The summed E-state index contributed by atoms with van der Waals surface area (Å²) in [5.41, 5.74) is 6.05. The molecule has 0 atom stereocenters. The molecule has 1 aromatic rings. The first kappa shape index (κ1) is 10.8. The SMILES string of the molecule is CN(c1nn(C)cc1N)C(C)(C)CO. The molecule has 0 aliphatic heterocycles. The maximum Gasteiger partial charge on any atom is 0.174 e. The Kier molecular flexibility index (Phi) is 2.71. The monoisotopic (exact) mass is 198 g/mol. The van der Waals surface area contributed by atoms with Crippen molar-refractivity contribution in [2.75, 3.05) is 24.3 Å². The van der Waals surface area contributed by atoms with Crippen molar-refractivity contribution in [1.82, 2.24) is 9.78 Å². The Bertz CT molecular complexity index is 319. The van der Waals surface area contributed by atoms with Gasteiger partial charge >= 0.3 is 0 Å². The van der Waals surface area contributed by atoms with Crippen LogP contribution in [0, 0.1) is 0 Å². The van der Waals surface area contributed by atoms with Crippen LogP contribution < -0.4 is 10.6 Å². The minimum atomic E-state index is -0.359. The summed E-state index contributed by atoms with van der Waals surface area (Å²) >= 11 is 0. The fourth-order valence-corrected chi connectivity index (χ4v) is 1.15. The van der Waals surface area contributed by atoms with Crippen molar-refractivity contribution >= 4 is 11.5 Å². The molecular weight excluding hydrogens is 180 g/mol. The fourth-order valence-electron chi connectivity index (χ4n) is 1.15. The molecule has 1 heterocycles. The Labute approximate surface area is 84.1 Å². The molecule has 3 N–H and O–H groups in total. The van der Waals surface area contributed by atoms with E-state index in [0.717, 1.165) is 0 Å². The number of aromatic nitrogens is 2. The molecule has 5 nitrogen and oxygen atoms in total. The van der Waals surface area contributed by atoms with Crippen LogP contribution in [0.5, 0.6) is 0 Å². The number of rotatable bonds is 3. The van der Waals surface area contributed by atoms with Crippen molar-refractivity contribution in [1.29, 1.82) is 0 Å². The minimum Gasteiger partial charge on any atom is -0.394 e. The molecule has 0 saturated heterocycles. The lowest BCUT2D eigenvalue weighted by molar-refractivity contribution is 0.215. The predicted octanol–water partition coefficient (Wildman–Crippen LogP) is 0.209. The van der Waals surface area contributed by atoms with Crippen LogP contribution in [0.25, 0.3) is 0 Å². The van der Waals surface area contributed by atoms with E-state index in [9.17, 15) is 5.11 Å². The highest BCUT2D eigenvalue weighted by molar-refractivity contribution is 5.62. The maximum atomic E-state index is 9.21. The highest BCUT2D eigenvalue weighted by atomic mass is 16.3. The second-order valence-electron chi connectivity index (χ2n) is 4.11. The second kappa shape index (κ2) is 3.49. The Morgan fingerprint density at radius 2 is 2.21 bits per heavy atom. The summed E-state index contributed by atoms with van der Waals surface area (Å²) < 4.78 is 1.66. The lowest BCUT2D eigenvalue weighted by atomic mass is 10.1. The summed E-state index contributed by atoms with van der Waals surface area (Å²) in [7, 11) is 3.69. The molecule has 0 saturated carbocycles. The number of nitrogens with two attached hydrogens (primary N) is 1. The van der Waals surface area contributed by atoms with E-state index in [1.165, 1.54) is 0 Å². The number of nitrogens with zero attached hydrogens (tertiary/aromatic N) is 3. The fraction of sp³-hybridized carbons (Fsp3) is 0.667. The minimum absolute atomic E-state index is 0.0551. The normalized spacial score (nSPS) is 11.8. The van der Waals surface area contributed by atoms with Gasteiger partial charge in [0.25, 0.3) is 0 Å². The van der Waals surface area contributed by atoms with E-state index in [2.05, 4.69) is 5.10 Å². The molecule has 0 unspecified atom stereocenters. The molecule has 0 aliphatic carbocycles. The smallest absolute Gasteiger partial charge is 0.174 e. The Balaban J connectivity index is 3.00. The van der Waals surface area contributed by atoms with Crippen molar-refractivity contribution in [3.05, 3.63) is 6.20 Å². The van der Waals surface area contributed by atoms with E-state index in [1.807, 2.05) is 32.8 Å². The molecular formula is C9H18N4O. The number of nitrogen functional groups attached to an aromatic ring is 1. The number of likely N-dealkylation sites (N-methyl/N-ethyl adjacent to an activating group) is 1. The van der Waals surface area contributed by atoms with Crippen molar-refractivity contribution in [2.45, 2.75) is 19.4 Å². The van der Waals surface area contributed by atoms with Gasteiger partial charge in [-0.3, -0.25) is 4.68 Å². The standard InChI is InChI=1S/C9H18N4O/c1-9(2,6-14)13(4)8-7(10)5-12(3)11-8/h5,14H,6,10H2,1-4H3. The first-order valence-electron chi connectivity index (χ1n) is 4.52. The van der Waals surface area contributed by atoms with Crippen LogP contribution in [0.1, 0.15) is 13.8 Å². The molecule has 14 heavy (non-hydrogen) atoms. The van der Waals surface area contributed by atoms with Crippen LogP contribution in [0.15, 0.2) is 6.20 Å². The zero-order valence-corrected chi connectivity index (χ0v) is 9.15. The van der Waals surface area contributed by atoms with Gasteiger partial charge in [-0.05, 0) is 13.8 Å². The number of aliphatic hydroxyl groups excluding tert-OH is 1. The number of aryl methyl sites for hydroxylation is 1. The summed E-state index contributed by atoms with van der Waals surface area (Å²) in [6, 6.07) is 0. The van der Waals surface area contributed by atoms with E-state index in [0.29, 0.717) is 11.5 Å². The van der Waals surface area contributed by atoms with Gasteiger partial charge in [0.1, 0.15) is 0 Å². The molecule has 80 valence electrons. The average Bonchev–Trinajstić information content (AvgIpc) is 2.44. The van der Waals surface area contributed by atoms with Crippen LogP contribution in [0.4, 0.5) is 11.5 Å². The van der Waals surface area contributed by atoms with Gasteiger partial charge in [-0.15, -0.1) is 0 Å². The Morgan fingerprint density at radius 3 is 2.57 bits per heavy atom. The van der Waals surface area contributed by atoms with Gasteiger partial charge in [-0.1, -0.05) is 0 Å². The van der Waals surface area contributed by atoms with Gasteiger partial charge in [-0.2, -0.15) is 5.10 Å². The first-order chi connectivity index (χ1) is 6.38. The zero-order chi connectivity index (χ0) is 10.9. The van der Waals surface area contributed by atoms with E-state index >= 15 is 0 Å². The van der Waals surface area contributed by atoms with Crippen molar-refractivity contribution in [3.63, 3.8) is 0 Å². The third-order valence-corrected chi connectivity index (χ3v) is 2.45. The molecule has 1 aromatic heterocycles. The quantitative estimate of drug-likeness (QED) is 0.728. The lowest BCUT2D eigenvalue weighted by Crippen LogP contribution is -2.44. The van der Waals surface area contributed by atoms with Crippen molar-refractivity contribution < 1.29 is 5.11 Å². The lowest BCUT2D eigenvalue weighted by Gasteiger charge is -2.34. The van der Waals surface area contributed by atoms with Crippen LogP contribution in [0.3, 0.4) is 0 Å². The van der Waals surface area contributed by atoms with Gasteiger partial charge < -0.3 is 15.7 Å². The van der Waals surface area contributed by atoms with Crippen LogP contribution >= 0.6 is 0 Å². The molecule has 0 aliphatic rings. The van der Waals surface area contributed by atoms with Gasteiger partial charge in [0.05, 0.1) is 17.8 Å². The molecule has 0 radical (unpaired) electrons. The molecule has 0 amide bonds. The van der Waals surface area contributed by atoms with Crippen LogP contribution in [-0.4, -0.2) is 34.1 Å². The molecule has 0 bridgehead atoms. The summed E-state index contributed by atoms with van der Waals surface area (Å²) in [5.74, 6) is 0.701. The van der Waals surface area contributed by atoms with E-state index in [-0.39, 0.29) is 12.1 Å². The van der Waals surface area contributed by atoms with Crippen LogP contribution in [-0.2, 0) is 7.05 Å². The van der Waals surface area contributed by atoms with Gasteiger partial charge in [-0.25, -0.2) is 0 Å². The highest BCUT2D eigenvalue weighted by Gasteiger charge is 2.25. The predicted molar refractivity (Wildman–Crippen MR) is 57.2 cm³/mol. The van der Waals surface area contributed by atoms with Crippen LogP contribution in [0.2, 0.25) is 0 Å². The molecule has 0 fully saturated rings. The first-order valence-corrected chi connectivity index (χ1v) is 4.52. The van der Waals surface area contributed by atoms with E-state index in [1.54, 1.807) is 10.9 Å². The summed E-state index contributed by atoms with van der Waals surface area (Å²) in [4.78, 5) is 1.88. The summed E-state index contributed by atoms with van der Waals surface area (Å²) in [6.07, 6.45) is 1.75. The summed E-state index contributed by atoms with van der Waals surface area (Å²) in [6.45, 7) is 3.92. The summed E-state index contributed by atoms with van der Waals surface area (Å²) in [5, 5.41) is 13.4. The molecule has 0 aromatic carbocycles. The maximum absolute atomic E-state index is 9.21. The molecule has 5 heteroatoms. The largest absolute Gasteiger partial charge is 0.394 e. The van der Waals surface area contributed by atoms with Crippen molar-refractivity contribution in [3.8, 4) is 0 Å². The second-order valence-corrected chi connectivity index (χ2v) is 4.11. The van der Waals surface area contributed by atoms with Crippen molar-refractivity contribution in [2.24, 2.45) is 7.05 Å². The number of aliphatic hydroxyl groups is 1. The van der Waals surface area contributed by atoms with Gasteiger partial charge in [0, 0.05) is 20.3 Å². The zero-order valence-electron chi connectivity index (χ0n) is 9.15. The highest BCUT2D eigenvalue weighted by Crippen LogP contribution is 2.25. The average molecular weight is 198 g/mol. The van der Waals surface area contributed by atoms with Gasteiger partial charge in [0.2, 0.25) is 0 Å². The van der Waals surface area contributed by atoms with E-state index < -0.39 is 0 Å². The number of anilines is 2. The Hall–Kier alpha value is -1.23. The molecule has 1 rings (SSSR count). The van der Waals surface area contributed by atoms with Gasteiger partial charge in [0.15, 0.2) is 5.82 Å². The number of hydrogen-bond acceptors (Lipinski definition) is 4. The topological polar surface area (TPSA) is 67.3 Å². The van der Waals surface area contributed by atoms with E-state index in [4.69, 9.17) is 5.73 Å². The third kappa shape index (κ3) is 1.82. The Morgan fingerprint density at radius 1 is 1.64 bits per heavy atom. The third-order valence-electron chi connectivity index (χ3n) is 2.45. The number of hydrogen-bond donors (Lipinski definition) is 2. The molecule has 0 spiro atoms.